The Bertz CT molecular complexity index is 3910. The predicted molar refractivity (Wildman–Crippen MR) is 277 cm³/mol. The zero-order valence-corrected chi connectivity index (χ0v) is 37.3. The molecule has 0 aliphatic heterocycles. The van der Waals surface area contributed by atoms with Crippen LogP contribution >= 0.6 is 0 Å². The molecule has 0 bridgehead atoms. The van der Waals surface area contributed by atoms with Gasteiger partial charge in [0.1, 0.15) is 6.07 Å². The van der Waals surface area contributed by atoms with Crippen molar-refractivity contribution in [1.29, 1.82) is 10.5 Å². The summed E-state index contributed by atoms with van der Waals surface area (Å²) in [5.74, 6) is 0. The van der Waals surface area contributed by atoms with Crippen molar-refractivity contribution < 1.29 is 13.2 Å². The fourth-order valence-corrected chi connectivity index (χ4v) is 10.1. The van der Waals surface area contributed by atoms with Crippen LogP contribution in [-0.4, -0.2) is 9.13 Å². The Morgan fingerprint density at radius 2 is 0.700 bits per heavy atom. The quantitative estimate of drug-likeness (QED) is 0.160. The Hall–Kier alpha value is -9.43. The molecule has 2 aromatic heterocycles. The van der Waals surface area contributed by atoms with E-state index in [1.54, 1.807) is 12.1 Å². The van der Waals surface area contributed by atoms with Gasteiger partial charge in [-0.1, -0.05) is 152 Å². The van der Waals surface area contributed by atoms with Gasteiger partial charge in [-0.25, -0.2) is 0 Å². The summed E-state index contributed by atoms with van der Waals surface area (Å²) in [6.07, 6.45) is -4.84. The molecule has 0 atom stereocenters. The Morgan fingerprint density at radius 3 is 1.04 bits per heavy atom. The highest BCUT2D eigenvalue weighted by atomic mass is 19.4. The Kier molecular flexibility index (Phi) is 10.0. The van der Waals surface area contributed by atoms with Crippen LogP contribution in [0.3, 0.4) is 0 Å². The number of hydrogen-bond donors (Lipinski definition) is 0. The van der Waals surface area contributed by atoms with Gasteiger partial charge in [-0.15, -0.1) is 0 Å². The first-order valence-corrected chi connectivity index (χ1v) is 22.8. The summed E-state index contributed by atoms with van der Waals surface area (Å²) >= 11 is 0. The van der Waals surface area contributed by atoms with E-state index in [9.17, 15) is 10.5 Å². The monoisotopic (exact) mass is 906 g/mol. The molecule has 0 amide bonds. The summed E-state index contributed by atoms with van der Waals surface area (Å²) in [6, 6.07) is 76.7. The maximum Gasteiger partial charge on any atom is 0.417 e. The molecule has 0 N–H and O–H groups in total. The fraction of sp³-hybridized carbons (Fsp3) is 0.0159. The minimum Gasteiger partial charge on any atom is -0.309 e. The second-order valence-electron chi connectivity index (χ2n) is 17.4. The van der Waals surface area contributed by atoms with Crippen molar-refractivity contribution in [1.82, 2.24) is 9.13 Å². The van der Waals surface area contributed by atoms with Gasteiger partial charge in [0.05, 0.1) is 56.2 Å². The smallest absolute Gasteiger partial charge is 0.309 e. The van der Waals surface area contributed by atoms with Crippen LogP contribution in [0.4, 0.5) is 13.2 Å². The van der Waals surface area contributed by atoms with Gasteiger partial charge in [-0.05, 0) is 123 Å². The fourth-order valence-electron chi connectivity index (χ4n) is 10.1. The number of hydrogen-bond acceptors (Lipinski definition) is 2. The van der Waals surface area contributed by atoms with E-state index in [0.29, 0.717) is 11.4 Å². The van der Waals surface area contributed by atoms with E-state index in [4.69, 9.17) is 0 Å². The third-order valence-corrected chi connectivity index (χ3v) is 13.4. The summed E-state index contributed by atoms with van der Waals surface area (Å²) in [5, 5.41) is 24.9. The third-order valence-electron chi connectivity index (χ3n) is 13.4. The van der Waals surface area contributed by atoms with Crippen LogP contribution in [0.25, 0.3) is 111 Å². The van der Waals surface area contributed by atoms with E-state index in [-0.39, 0.29) is 22.3 Å². The number of benzene rings is 10. The van der Waals surface area contributed by atoms with Crippen molar-refractivity contribution in [3.8, 4) is 79.1 Å². The van der Waals surface area contributed by atoms with Gasteiger partial charge in [0.15, 0.2) is 0 Å². The van der Waals surface area contributed by atoms with Gasteiger partial charge in [0.2, 0.25) is 0 Å². The molecule has 70 heavy (non-hydrogen) atoms. The van der Waals surface area contributed by atoms with E-state index in [1.165, 1.54) is 12.1 Å². The van der Waals surface area contributed by atoms with E-state index < -0.39 is 11.7 Å². The van der Waals surface area contributed by atoms with Crippen molar-refractivity contribution >= 4 is 43.6 Å². The first kappa shape index (κ1) is 42.0. The van der Waals surface area contributed by atoms with Crippen molar-refractivity contribution in [2.45, 2.75) is 6.18 Å². The summed E-state index contributed by atoms with van der Waals surface area (Å²) in [5.41, 5.74) is 11.2. The van der Waals surface area contributed by atoms with Gasteiger partial charge < -0.3 is 9.13 Å². The third kappa shape index (κ3) is 7.08. The van der Waals surface area contributed by atoms with E-state index >= 15 is 13.2 Å². The molecule has 0 spiro atoms. The van der Waals surface area contributed by atoms with Gasteiger partial charge in [0.25, 0.3) is 0 Å². The maximum absolute atomic E-state index is 15.6. The average molecular weight is 907 g/mol. The molecule has 0 aliphatic carbocycles. The molecule has 0 radical (unpaired) electrons. The number of nitriles is 2. The number of fused-ring (bicyclic) bond motifs is 6. The summed E-state index contributed by atoms with van der Waals surface area (Å²) in [7, 11) is 0. The lowest BCUT2D eigenvalue weighted by Crippen LogP contribution is -2.10. The molecule has 0 saturated heterocycles. The maximum atomic E-state index is 15.6. The van der Waals surface area contributed by atoms with Crippen LogP contribution in [0.1, 0.15) is 16.7 Å². The number of rotatable bonds is 7. The van der Waals surface area contributed by atoms with E-state index in [0.717, 1.165) is 94.2 Å². The minimum atomic E-state index is -4.84. The van der Waals surface area contributed by atoms with Crippen LogP contribution < -0.4 is 0 Å². The van der Waals surface area contributed by atoms with Crippen LogP contribution in [0, 0.1) is 22.7 Å². The van der Waals surface area contributed by atoms with E-state index in [1.807, 2.05) is 137 Å². The van der Waals surface area contributed by atoms with Crippen molar-refractivity contribution in [2.24, 2.45) is 0 Å². The number of nitrogens with zero attached hydrogens (tertiary/aromatic N) is 4. The first-order valence-electron chi connectivity index (χ1n) is 22.8. The van der Waals surface area contributed by atoms with Gasteiger partial charge >= 0.3 is 6.18 Å². The molecule has 10 aromatic carbocycles. The summed E-state index contributed by atoms with van der Waals surface area (Å²) in [4.78, 5) is 0. The summed E-state index contributed by atoms with van der Waals surface area (Å²) in [6.45, 7) is 0. The molecule has 12 aromatic rings. The van der Waals surface area contributed by atoms with Crippen LogP contribution in [0.15, 0.2) is 224 Å². The molecule has 330 valence electrons. The highest BCUT2D eigenvalue weighted by Crippen LogP contribution is 2.46. The van der Waals surface area contributed by atoms with Gasteiger partial charge in [-0.2, -0.15) is 23.7 Å². The number of alkyl halides is 3. The lowest BCUT2D eigenvalue weighted by atomic mass is 9.93. The molecule has 0 unspecified atom stereocenters. The molecule has 7 heteroatoms. The Labute approximate surface area is 401 Å². The molecule has 12 rings (SSSR count). The predicted octanol–water partition coefficient (Wildman–Crippen LogP) is 17.0. The topological polar surface area (TPSA) is 57.4 Å². The Morgan fingerprint density at radius 1 is 0.329 bits per heavy atom. The summed E-state index contributed by atoms with van der Waals surface area (Å²) < 4.78 is 50.7. The largest absolute Gasteiger partial charge is 0.417 e. The standard InChI is InChI=1S/C63H37F3N4/c64-63(65,66)56-31-40(38-67)21-26-50(56)55-37-61(69-57-27-22-45(41-13-5-1-6-14-41)32-51(57)52-33-46(23-28-58(52)69)42-15-7-2-8-16-42)49(39-68)36-62(55)70-59-29-24-47(43-17-9-3-10-18-43)34-53(59)54-35-48(25-30-60(54)70)44-19-11-4-12-20-44/h1-37H. The molecule has 4 nitrogen and oxygen atoms in total. The molecule has 2 heterocycles. The van der Waals surface area contributed by atoms with Crippen LogP contribution in [0.2, 0.25) is 0 Å². The molecule has 0 saturated carbocycles. The SMILES string of the molecule is N#Cc1ccc(-c2cc(-n3c4ccc(-c5ccccc5)cc4c4cc(-c5ccccc5)ccc43)c(C#N)cc2-n2c3ccc(-c4ccccc4)cc3c3cc(-c4ccccc4)ccc32)c(C(F)(F)F)c1. The lowest BCUT2D eigenvalue weighted by molar-refractivity contribution is -0.137. The zero-order valence-electron chi connectivity index (χ0n) is 37.3. The second kappa shape index (κ2) is 16.7. The average Bonchev–Trinajstić information content (AvgIpc) is 3.92. The van der Waals surface area contributed by atoms with Crippen LogP contribution in [0.5, 0.6) is 0 Å². The highest BCUT2D eigenvalue weighted by Gasteiger charge is 2.35. The van der Waals surface area contributed by atoms with Crippen molar-refractivity contribution in [2.75, 3.05) is 0 Å². The lowest BCUT2D eigenvalue weighted by Gasteiger charge is -2.21. The second-order valence-corrected chi connectivity index (χ2v) is 17.4. The van der Waals surface area contributed by atoms with Gasteiger partial charge in [0, 0.05) is 27.1 Å². The highest BCUT2D eigenvalue weighted by molar-refractivity contribution is 6.14. The first-order chi connectivity index (χ1) is 34.2. The Balaban J connectivity index is 1.19. The zero-order chi connectivity index (χ0) is 47.5. The molecular weight excluding hydrogens is 870 g/mol. The van der Waals surface area contributed by atoms with Crippen molar-refractivity contribution in [3.05, 3.63) is 241 Å². The van der Waals surface area contributed by atoms with Crippen LogP contribution in [-0.2, 0) is 6.18 Å². The number of aromatic nitrogens is 2. The minimum absolute atomic E-state index is 0.115. The molecule has 0 aliphatic rings. The molecule has 0 fully saturated rings. The molecular formula is C63H37F3N4. The van der Waals surface area contributed by atoms with Gasteiger partial charge in [-0.3, -0.25) is 0 Å². The number of halogens is 3. The normalized spacial score (nSPS) is 11.6. The van der Waals surface area contributed by atoms with Crippen molar-refractivity contribution in [3.63, 3.8) is 0 Å². The van der Waals surface area contributed by atoms with E-state index in [2.05, 4.69) is 78.9 Å².